The number of nitro groups is 1. The minimum atomic E-state index is -0.606. The van der Waals surface area contributed by atoms with E-state index in [-0.39, 0.29) is 16.9 Å². The Balaban J connectivity index is 1.47. The first-order valence-electron chi connectivity index (χ1n) is 9.59. The summed E-state index contributed by atoms with van der Waals surface area (Å²) < 4.78 is 2.53. The minimum absolute atomic E-state index is 0.148. The first kappa shape index (κ1) is 17.8. The quantitative estimate of drug-likeness (QED) is 0.562. The molecular formula is C19H20BrN5O3. The molecule has 2 aromatic rings. The van der Waals surface area contributed by atoms with Gasteiger partial charge in [-0.25, -0.2) is 4.98 Å². The second-order valence-corrected chi connectivity index (χ2v) is 9.44. The Kier molecular flexibility index (Phi) is 4.04. The van der Waals surface area contributed by atoms with Crippen molar-refractivity contribution >= 4 is 33.3 Å². The average molecular weight is 446 g/mol. The molecule has 2 aromatic heterocycles. The van der Waals surface area contributed by atoms with Crippen molar-refractivity contribution in [2.45, 2.75) is 44.1 Å². The summed E-state index contributed by atoms with van der Waals surface area (Å²) in [7, 11) is 0. The second kappa shape index (κ2) is 6.37. The van der Waals surface area contributed by atoms with Crippen LogP contribution in [0.25, 0.3) is 0 Å². The molecule has 0 radical (unpaired) electrons. The van der Waals surface area contributed by atoms with Crippen molar-refractivity contribution in [3.05, 3.63) is 44.8 Å². The molecule has 146 valence electrons. The summed E-state index contributed by atoms with van der Waals surface area (Å²) >= 11 is 3.29. The normalized spacial score (nSPS) is 30.4. The summed E-state index contributed by atoms with van der Waals surface area (Å²) in [5.41, 5.74) is -0.565. The highest BCUT2D eigenvalue weighted by Gasteiger charge is 2.53. The van der Waals surface area contributed by atoms with E-state index in [1.807, 2.05) is 0 Å². The van der Waals surface area contributed by atoms with E-state index in [1.54, 1.807) is 23.0 Å². The summed E-state index contributed by atoms with van der Waals surface area (Å²) in [6.07, 6.45) is 9.85. The second-order valence-electron chi connectivity index (χ2n) is 8.52. The molecule has 1 amide bonds. The van der Waals surface area contributed by atoms with Gasteiger partial charge in [-0.15, -0.1) is 0 Å². The minimum Gasteiger partial charge on any atom is -0.305 e. The number of anilines is 1. The average Bonchev–Trinajstić information content (AvgIpc) is 3.09. The molecule has 2 heterocycles. The summed E-state index contributed by atoms with van der Waals surface area (Å²) in [4.78, 5) is 27.9. The van der Waals surface area contributed by atoms with Gasteiger partial charge >= 0.3 is 5.69 Å². The molecule has 6 rings (SSSR count). The van der Waals surface area contributed by atoms with E-state index < -0.39 is 10.8 Å². The molecule has 4 bridgehead atoms. The van der Waals surface area contributed by atoms with Gasteiger partial charge in [-0.05, 0) is 84.3 Å². The molecular weight excluding hydrogens is 426 g/mol. The van der Waals surface area contributed by atoms with E-state index in [0.717, 1.165) is 23.7 Å². The van der Waals surface area contributed by atoms with E-state index in [4.69, 9.17) is 0 Å². The number of pyridine rings is 1. The molecule has 4 aliphatic rings. The van der Waals surface area contributed by atoms with Crippen molar-refractivity contribution in [2.24, 2.45) is 17.8 Å². The van der Waals surface area contributed by atoms with E-state index in [2.05, 4.69) is 31.3 Å². The number of hydrogen-bond acceptors (Lipinski definition) is 5. The van der Waals surface area contributed by atoms with Crippen molar-refractivity contribution in [3.8, 4) is 0 Å². The first-order chi connectivity index (χ1) is 13.4. The molecule has 0 unspecified atom stereocenters. The van der Waals surface area contributed by atoms with Crippen LogP contribution in [0.2, 0.25) is 0 Å². The van der Waals surface area contributed by atoms with Gasteiger partial charge < -0.3 is 5.32 Å². The lowest BCUT2D eigenvalue weighted by atomic mass is 9.53. The number of aromatic nitrogens is 3. The lowest BCUT2D eigenvalue weighted by molar-refractivity contribution is -0.385. The monoisotopic (exact) mass is 445 g/mol. The third-order valence-electron chi connectivity index (χ3n) is 6.57. The lowest BCUT2D eigenvalue weighted by Crippen LogP contribution is -2.52. The number of amides is 1. The fraction of sp³-hybridized carbons (Fsp3) is 0.526. The van der Waals surface area contributed by atoms with Crippen LogP contribution in [0.5, 0.6) is 0 Å². The van der Waals surface area contributed by atoms with Crippen LogP contribution in [0.1, 0.15) is 49.0 Å². The van der Waals surface area contributed by atoms with Crippen molar-refractivity contribution in [2.75, 3.05) is 5.32 Å². The molecule has 4 fully saturated rings. The van der Waals surface area contributed by atoms with Crippen LogP contribution in [-0.2, 0) is 5.54 Å². The van der Waals surface area contributed by atoms with Gasteiger partial charge in [-0.3, -0.25) is 19.6 Å². The molecule has 4 saturated carbocycles. The highest BCUT2D eigenvalue weighted by Crippen LogP contribution is 2.58. The number of rotatable bonds is 4. The van der Waals surface area contributed by atoms with Gasteiger partial charge in [0.2, 0.25) is 5.69 Å². The van der Waals surface area contributed by atoms with E-state index in [0.29, 0.717) is 23.6 Å². The van der Waals surface area contributed by atoms with Gasteiger partial charge in [0.25, 0.3) is 5.91 Å². The number of carbonyl (C=O) groups excluding carboxylic acids is 1. The molecule has 28 heavy (non-hydrogen) atoms. The van der Waals surface area contributed by atoms with Gasteiger partial charge in [0.05, 0.1) is 10.5 Å². The Morgan fingerprint density at radius 1 is 1.21 bits per heavy atom. The standard InChI is InChI=1S/C19H20BrN5O3/c20-14-1-2-16(21-9-14)22-18(26)17-15(25(27)28)10-24(23-17)19-6-11-3-12(7-19)5-13(4-11)8-19/h1-2,9-13H,3-8H2,(H,21,22,26). The number of carbonyl (C=O) groups is 1. The Morgan fingerprint density at radius 3 is 2.39 bits per heavy atom. The molecule has 8 nitrogen and oxygen atoms in total. The maximum Gasteiger partial charge on any atom is 0.320 e. The molecule has 0 spiro atoms. The number of hydrogen-bond donors (Lipinski definition) is 1. The largest absolute Gasteiger partial charge is 0.320 e. The maximum atomic E-state index is 12.7. The SMILES string of the molecule is O=C(Nc1ccc(Br)cn1)c1nn(C23CC4CC(CC(C4)C2)C3)cc1[N+](=O)[O-]. The Morgan fingerprint density at radius 2 is 1.86 bits per heavy atom. The van der Waals surface area contributed by atoms with Gasteiger partial charge in [0, 0.05) is 10.7 Å². The zero-order valence-corrected chi connectivity index (χ0v) is 16.8. The zero-order valence-electron chi connectivity index (χ0n) is 15.2. The summed E-state index contributed by atoms with van der Waals surface area (Å²) in [6, 6.07) is 3.37. The van der Waals surface area contributed by atoms with Crippen LogP contribution >= 0.6 is 15.9 Å². The van der Waals surface area contributed by atoms with E-state index in [9.17, 15) is 14.9 Å². The molecule has 0 atom stereocenters. The van der Waals surface area contributed by atoms with Gasteiger partial charge in [-0.2, -0.15) is 5.10 Å². The van der Waals surface area contributed by atoms with Gasteiger partial charge in [0.15, 0.2) is 0 Å². The molecule has 0 aliphatic heterocycles. The van der Waals surface area contributed by atoms with Crippen molar-refractivity contribution < 1.29 is 9.72 Å². The van der Waals surface area contributed by atoms with Crippen LogP contribution in [0, 0.1) is 27.9 Å². The van der Waals surface area contributed by atoms with Crippen LogP contribution in [0.15, 0.2) is 29.0 Å². The number of halogens is 1. The Hall–Kier alpha value is -2.29. The molecule has 0 saturated heterocycles. The van der Waals surface area contributed by atoms with Crippen LogP contribution in [-0.4, -0.2) is 25.6 Å². The van der Waals surface area contributed by atoms with Gasteiger partial charge in [0.1, 0.15) is 12.0 Å². The highest BCUT2D eigenvalue weighted by molar-refractivity contribution is 9.10. The topological polar surface area (TPSA) is 103 Å². The Labute approximate surface area is 170 Å². The number of nitrogens with one attached hydrogen (secondary N) is 1. The van der Waals surface area contributed by atoms with Gasteiger partial charge in [-0.1, -0.05) is 0 Å². The lowest BCUT2D eigenvalue weighted by Gasteiger charge is -2.56. The van der Waals surface area contributed by atoms with E-state index in [1.165, 1.54) is 25.5 Å². The summed E-state index contributed by atoms with van der Waals surface area (Å²) in [5, 5.41) is 18.7. The van der Waals surface area contributed by atoms with Crippen LogP contribution < -0.4 is 5.32 Å². The highest BCUT2D eigenvalue weighted by atomic mass is 79.9. The predicted octanol–water partition coefficient (Wildman–Crippen LogP) is 4.13. The zero-order chi connectivity index (χ0) is 19.5. The molecule has 4 aliphatic carbocycles. The maximum absolute atomic E-state index is 12.7. The first-order valence-corrected chi connectivity index (χ1v) is 10.4. The Bertz CT molecular complexity index is 920. The fourth-order valence-corrected chi connectivity index (χ4v) is 6.11. The van der Waals surface area contributed by atoms with Crippen LogP contribution in [0.4, 0.5) is 11.5 Å². The third-order valence-corrected chi connectivity index (χ3v) is 7.04. The molecule has 9 heteroatoms. The fourth-order valence-electron chi connectivity index (χ4n) is 5.87. The van der Waals surface area contributed by atoms with E-state index >= 15 is 0 Å². The number of nitrogens with zero attached hydrogens (tertiary/aromatic N) is 4. The van der Waals surface area contributed by atoms with Crippen molar-refractivity contribution in [1.82, 2.24) is 14.8 Å². The molecule has 0 aromatic carbocycles. The van der Waals surface area contributed by atoms with Crippen molar-refractivity contribution in [3.63, 3.8) is 0 Å². The smallest absolute Gasteiger partial charge is 0.305 e. The van der Waals surface area contributed by atoms with Crippen LogP contribution in [0.3, 0.4) is 0 Å². The van der Waals surface area contributed by atoms with Crippen molar-refractivity contribution in [1.29, 1.82) is 0 Å². The third kappa shape index (κ3) is 2.92. The predicted molar refractivity (Wildman–Crippen MR) is 105 cm³/mol. The summed E-state index contributed by atoms with van der Waals surface area (Å²) in [5.74, 6) is 1.76. The summed E-state index contributed by atoms with van der Waals surface area (Å²) in [6.45, 7) is 0. The molecule has 1 N–H and O–H groups in total.